The number of aryl methyl sites for hydroxylation is 1. The maximum absolute atomic E-state index is 11.7. The van der Waals surface area contributed by atoms with E-state index < -0.39 is 0 Å². The van der Waals surface area contributed by atoms with Crippen LogP contribution in [0.2, 0.25) is 0 Å². The normalized spacial score (nSPS) is 10.6. The predicted molar refractivity (Wildman–Crippen MR) is 76.9 cm³/mol. The Morgan fingerprint density at radius 3 is 2.32 bits per heavy atom. The lowest BCUT2D eigenvalue weighted by molar-refractivity contribution is -0.111. The topological polar surface area (TPSA) is 49.3 Å². The summed E-state index contributed by atoms with van der Waals surface area (Å²) in [5.41, 5.74) is 2.81. The van der Waals surface area contributed by atoms with Crippen molar-refractivity contribution in [1.29, 1.82) is 0 Å². The lowest BCUT2D eigenvalue weighted by Crippen LogP contribution is -2.07. The quantitative estimate of drug-likeness (QED) is 0.651. The van der Waals surface area contributed by atoms with Crippen LogP contribution in [-0.4, -0.2) is 11.0 Å². The van der Waals surface area contributed by atoms with Crippen molar-refractivity contribution in [3.05, 3.63) is 65.7 Å². The van der Waals surface area contributed by atoms with Gasteiger partial charge in [0, 0.05) is 11.8 Å². The molecule has 2 aromatic rings. The summed E-state index contributed by atoms with van der Waals surface area (Å²) in [5.74, 6) is -0.0283. The smallest absolute Gasteiger partial charge is 0.248 e. The van der Waals surface area contributed by atoms with Crippen molar-refractivity contribution in [1.82, 2.24) is 0 Å². The van der Waals surface area contributed by atoms with E-state index in [-0.39, 0.29) is 11.7 Å². The average molecular weight is 253 g/mol. The Balaban J connectivity index is 1.97. The summed E-state index contributed by atoms with van der Waals surface area (Å²) in [4.78, 5) is 11.7. The standard InChI is InChI=1S/C16H15NO2/c1-12-2-4-13(5-3-12)6-11-16(19)17-14-7-9-15(18)10-8-14/h2-11,18H,1H3,(H,17,19). The molecule has 96 valence electrons. The van der Waals surface area contributed by atoms with Gasteiger partial charge in [0.15, 0.2) is 0 Å². The maximum atomic E-state index is 11.7. The van der Waals surface area contributed by atoms with Crippen LogP contribution in [0.5, 0.6) is 5.75 Å². The Labute approximate surface area is 112 Å². The molecular formula is C16H15NO2. The molecule has 0 spiro atoms. The molecule has 2 rings (SSSR count). The molecule has 3 heteroatoms. The Morgan fingerprint density at radius 2 is 1.68 bits per heavy atom. The van der Waals surface area contributed by atoms with Crippen LogP contribution >= 0.6 is 0 Å². The van der Waals surface area contributed by atoms with E-state index in [1.165, 1.54) is 23.8 Å². The number of phenols is 1. The maximum Gasteiger partial charge on any atom is 0.248 e. The fourth-order valence-electron chi connectivity index (χ4n) is 1.58. The fourth-order valence-corrected chi connectivity index (χ4v) is 1.58. The summed E-state index contributed by atoms with van der Waals surface area (Å²) in [7, 11) is 0. The van der Waals surface area contributed by atoms with Crippen molar-refractivity contribution in [2.75, 3.05) is 5.32 Å². The molecular weight excluding hydrogens is 238 g/mol. The molecule has 0 aromatic heterocycles. The SMILES string of the molecule is Cc1ccc(C=CC(=O)Nc2ccc(O)cc2)cc1. The van der Waals surface area contributed by atoms with Gasteiger partial charge in [-0.15, -0.1) is 0 Å². The van der Waals surface area contributed by atoms with Gasteiger partial charge in [-0.25, -0.2) is 0 Å². The van der Waals surface area contributed by atoms with Crippen LogP contribution in [0, 0.1) is 6.92 Å². The van der Waals surface area contributed by atoms with Crippen LogP contribution in [0.15, 0.2) is 54.6 Å². The molecule has 0 saturated carbocycles. The first-order chi connectivity index (χ1) is 9.13. The summed E-state index contributed by atoms with van der Waals surface area (Å²) in [6.07, 6.45) is 3.24. The van der Waals surface area contributed by atoms with Crippen LogP contribution in [0.1, 0.15) is 11.1 Å². The van der Waals surface area contributed by atoms with Crippen molar-refractivity contribution < 1.29 is 9.90 Å². The van der Waals surface area contributed by atoms with E-state index in [1.807, 2.05) is 31.2 Å². The number of phenolic OH excluding ortho intramolecular Hbond substituents is 1. The van der Waals surface area contributed by atoms with Crippen LogP contribution < -0.4 is 5.32 Å². The van der Waals surface area contributed by atoms with Crippen LogP contribution in [0.3, 0.4) is 0 Å². The number of rotatable bonds is 3. The number of aromatic hydroxyl groups is 1. The minimum absolute atomic E-state index is 0.174. The molecule has 1 amide bonds. The highest BCUT2D eigenvalue weighted by molar-refractivity contribution is 6.01. The molecule has 3 nitrogen and oxygen atoms in total. The van der Waals surface area contributed by atoms with E-state index in [2.05, 4.69) is 5.32 Å². The third kappa shape index (κ3) is 4.00. The van der Waals surface area contributed by atoms with E-state index in [0.29, 0.717) is 5.69 Å². The fraction of sp³-hybridized carbons (Fsp3) is 0.0625. The number of carbonyl (C=O) groups is 1. The van der Waals surface area contributed by atoms with Gasteiger partial charge in [-0.1, -0.05) is 29.8 Å². The van der Waals surface area contributed by atoms with E-state index in [4.69, 9.17) is 5.11 Å². The largest absolute Gasteiger partial charge is 0.508 e. The second-order valence-corrected chi connectivity index (χ2v) is 4.28. The first kappa shape index (κ1) is 12.9. The van der Waals surface area contributed by atoms with Gasteiger partial charge in [0.2, 0.25) is 5.91 Å². The molecule has 0 radical (unpaired) electrons. The van der Waals surface area contributed by atoms with Crippen LogP contribution in [-0.2, 0) is 4.79 Å². The average Bonchev–Trinajstić information content (AvgIpc) is 2.41. The Hall–Kier alpha value is -2.55. The summed E-state index contributed by atoms with van der Waals surface area (Å²) in [5, 5.41) is 11.9. The molecule has 0 saturated heterocycles. The van der Waals surface area contributed by atoms with Gasteiger partial charge < -0.3 is 10.4 Å². The number of benzene rings is 2. The van der Waals surface area contributed by atoms with Crippen molar-refractivity contribution in [2.45, 2.75) is 6.92 Å². The molecule has 0 heterocycles. The monoisotopic (exact) mass is 253 g/mol. The molecule has 0 fully saturated rings. The van der Waals surface area contributed by atoms with Crippen molar-refractivity contribution >= 4 is 17.7 Å². The molecule has 0 bridgehead atoms. The van der Waals surface area contributed by atoms with Gasteiger partial charge >= 0.3 is 0 Å². The van der Waals surface area contributed by atoms with Crippen LogP contribution in [0.4, 0.5) is 5.69 Å². The lowest BCUT2D eigenvalue weighted by atomic mass is 10.1. The minimum Gasteiger partial charge on any atom is -0.508 e. The van der Waals surface area contributed by atoms with Crippen molar-refractivity contribution in [2.24, 2.45) is 0 Å². The number of anilines is 1. The summed E-state index contributed by atoms with van der Waals surface area (Å²) in [6, 6.07) is 14.3. The van der Waals surface area contributed by atoms with Gasteiger partial charge in [0.1, 0.15) is 5.75 Å². The van der Waals surface area contributed by atoms with Gasteiger partial charge in [-0.2, -0.15) is 0 Å². The Kier molecular flexibility index (Phi) is 3.98. The molecule has 0 aliphatic rings. The van der Waals surface area contributed by atoms with E-state index >= 15 is 0 Å². The van der Waals surface area contributed by atoms with E-state index in [0.717, 1.165) is 5.56 Å². The minimum atomic E-state index is -0.203. The third-order valence-electron chi connectivity index (χ3n) is 2.64. The van der Waals surface area contributed by atoms with Gasteiger partial charge in [0.05, 0.1) is 0 Å². The zero-order chi connectivity index (χ0) is 13.7. The highest BCUT2D eigenvalue weighted by Crippen LogP contribution is 2.13. The van der Waals surface area contributed by atoms with Crippen molar-refractivity contribution in [3.63, 3.8) is 0 Å². The first-order valence-electron chi connectivity index (χ1n) is 5.98. The third-order valence-corrected chi connectivity index (χ3v) is 2.64. The number of hydrogen-bond acceptors (Lipinski definition) is 2. The summed E-state index contributed by atoms with van der Waals surface area (Å²) in [6.45, 7) is 2.02. The molecule has 0 aliphatic heterocycles. The zero-order valence-corrected chi connectivity index (χ0v) is 10.6. The summed E-state index contributed by atoms with van der Waals surface area (Å²) < 4.78 is 0. The Bertz CT molecular complexity index is 583. The molecule has 19 heavy (non-hydrogen) atoms. The number of amides is 1. The van der Waals surface area contributed by atoms with Gasteiger partial charge in [0.25, 0.3) is 0 Å². The molecule has 0 atom stereocenters. The number of hydrogen-bond donors (Lipinski definition) is 2. The predicted octanol–water partition coefficient (Wildman–Crippen LogP) is 3.35. The second kappa shape index (κ2) is 5.87. The summed E-state index contributed by atoms with van der Waals surface area (Å²) >= 11 is 0. The van der Waals surface area contributed by atoms with Crippen LogP contribution in [0.25, 0.3) is 6.08 Å². The highest BCUT2D eigenvalue weighted by Gasteiger charge is 1.97. The molecule has 2 aromatic carbocycles. The van der Waals surface area contributed by atoms with Gasteiger partial charge in [-0.3, -0.25) is 4.79 Å². The zero-order valence-electron chi connectivity index (χ0n) is 10.6. The van der Waals surface area contributed by atoms with Crippen molar-refractivity contribution in [3.8, 4) is 5.75 Å². The van der Waals surface area contributed by atoms with Gasteiger partial charge in [-0.05, 0) is 42.8 Å². The highest BCUT2D eigenvalue weighted by atomic mass is 16.3. The molecule has 0 aliphatic carbocycles. The number of carbonyl (C=O) groups excluding carboxylic acids is 1. The first-order valence-corrected chi connectivity index (χ1v) is 5.98. The lowest BCUT2D eigenvalue weighted by Gasteiger charge is -2.01. The number of nitrogens with one attached hydrogen (secondary N) is 1. The molecule has 2 N–H and O–H groups in total. The Morgan fingerprint density at radius 1 is 1.05 bits per heavy atom. The van der Waals surface area contributed by atoms with E-state index in [1.54, 1.807) is 18.2 Å². The second-order valence-electron chi connectivity index (χ2n) is 4.28. The van der Waals surface area contributed by atoms with E-state index in [9.17, 15) is 4.79 Å². The molecule has 0 unspecified atom stereocenters.